The second kappa shape index (κ2) is 6.58. The Balaban J connectivity index is 1.37. The Morgan fingerprint density at radius 2 is 2.17 bits per heavy atom. The Labute approximate surface area is 140 Å². The van der Waals surface area contributed by atoms with Gasteiger partial charge >= 0.3 is 0 Å². The van der Waals surface area contributed by atoms with Crippen LogP contribution < -0.4 is 0 Å². The third kappa shape index (κ3) is 3.07. The second-order valence-corrected chi connectivity index (χ2v) is 6.59. The van der Waals surface area contributed by atoms with Crippen LogP contribution in [0.5, 0.6) is 0 Å². The summed E-state index contributed by atoms with van der Waals surface area (Å²) in [5.41, 5.74) is 0.484. The van der Waals surface area contributed by atoms with Crippen molar-refractivity contribution >= 4 is 0 Å². The van der Waals surface area contributed by atoms with E-state index in [4.69, 9.17) is 9.15 Å². The van der Waals surface area contributed by atoms with Crippen molar-refractivity contribution in [2.45, 2.75) is 43.9 Å². The number of aliphatic hydroxyl groups excluding tert-OH is 1. The van der Waals surface area contributed by atoms with Crippen molar-refractivity contribution in [2.75, 3.05) is 19.7 Å². The highest BCUT2D eigenvalue weighted by Crippen LogP contribution is 2.35. The first kappa shape index (κ1) is 15.7. The maximum atomic E-state index is 10.3. The molecule has 0 saturated carbocycles. The fourth-order valence-electron chi connectivity index (χ4n) is 3.59. The van der Waals surface area contributed by atoms with Crippen LogP contribution in [0.3, 0.4) is 0 Å². The Kier molecular flexibility index (Phi) is 4.30. The van der Waals surface area contributed by atoms with E-state index in [2.05, 4.69) is 20.1 Å². The Bertz CT molecular complexity index is 667. The number of piperidine rings is 1. The average molecular weight is 330 g/mol. The molecular weight excluding hydrogens is 308 g/mol. The summed E-state index contributed by atoms with van der Waals surface area (Å²) in [6.45, 7) is 3.11. The summed E-state index contributed by atoms with van der Waals surface area (Å²) in [6, 6.07) is 3.75. The van der Waals surface area contributed by atoms with E-state index in [9.17, 15) is 5.11 Å². The van der Waals surface area contributed by atoms with Crippen molar-refractivity contribution in [3.05, 3.63) is 30.4 Å². The van der Waals surface area contributed by atoms with Crippen LogP contribution in [-0.4, -0.2) is 56.6 Å². The summed E-state index contributed by atoms with van der Waals surface area (Å²) >= 11 is 0. The topological polar surface area (TPSA) is 84.5 Å². The molecule has 2 aliphatic rings. The van der Waals surface area contributed by atoms with Gasteiger partial charge in [0.2, 0.25) is 11.8 Å². The van der Waals surface area contributed by atoms with Gasteiger partial charge in [0.15, 0.2) is 0 Å². The SMILES string of the molecule is O[C@H]1CCCOC12CCN(Cc1nnc(-c3cccnc3)o1)CC2. The predicted molar refractivity (Wildman–Crippen MR) is 86.0 cm³/mol. The zero-order valence-electron chi connectivity index (χ0n) is 13.6. The third-order valence-corrected chi connectivity index (χ3v) is 5.06. The van der Waals surface area contributed by atoms with Crippen molar-refractivity contribution in [1.82, 2.24) is 20.1 Å². The highest BCUT2D eigenvalue weighted by atomic mass is 16.5. The predicted octanol–water partition coefficient (Wildman–Crippen LogP) is 1.64. The van der Waals surface area contributed by atoms with Gasteiger partial charge in [0.05, 0.1) is 23.8 Å². The fraction of sp³-hybridized carbons (Fsp3) is 0.588. The molecule has 2 aromatic rings. The van der Waals surface area contributed by atoms with Crippen LogP contribution >= 0.6 is 0 Å². The molecule has 0 amide bonds. The van der Waals surface area contributed by atoms with Crippen LogP contribution in [0, 0.1) is 0 Å². The number of aliphatic hydroxyl groups is 1. The molecular formula is C17H22N4O3. The van der Waals surface area contributed by atoms with E-state index >= 15 is 0 Å². The first-order valence-electron chi connectivity index (χ1n) is 8.52. The van der Waals surface area contributed by atoms with Crippen LogP contribution in [0.15, 0.2) is 28.9 Å². The standard InChI is InChI=1S/C17H22N4O3/c22-14-4-2-10-23-17(14)5-8-21(9-6-17)12-15-19-20-16(24-15)13-3-1-7-18-11-13/h1,3,7,11,14,22H,2,4-6,8-10,12H2/t14-/m0/s1. The zero-order valence-corrected chi connectivity index (χ0v) is 13.6. The number of nitrogens with zero attached hydrogens (tertiary/aromatic N) is 4. The normalized spacial score (nSPS) is 24.3. The smallest absolute Gasteiger partial charge is 0.249 e. The molecule has 1 N–H and O–H groups in total. The van der Waals surface area contributed by atoms with E-state index in [0.717, 1.165) is 50.9 Å². The van der Waals surface area contributed by atoms with E-state index in [1.807, 2.05) is 12.1 Å². The number of ether oxygens (including phenoxy) is 1. The highest BCUT2D eigenvalue weighted by Gasteiger charge is 2.43. The molecule has 0 aliphatic carbocycles. The molecule has 24 heavy (non-hydrogen) atoms. The average Bonchev–Trinajstić information content (AvgIpc) is 3.09. The minimum Gasteiger partial charge on any atom is -0.419 e. The summed E-state index contributed by atoms with van der Waals surface area (Å²) in [6.07, 6.45) is 6.57. The molecule has 0 radical (unpaired) electrons. The van der Waals surface area contributed by atoms with Gasteiger partial charge in [-0.15, -0.1) is 10.2 Å². The molecule has 0 bridgehead atoms. The summed E-state index contributed by atoms with van der Waals surface area (Å²) in [5, 5.41) is 18.5. The molecule has 128 valence electrons. The lowest BCUT2D eigenvalue weighted by atomic mass is 9.82. The van der Waals surface area contributed by atoms with Crippen LogP contribution in [0.4, 0.5) is 0 Å². The van der Waals surface area contributed by atoms with Crippen LogP contribution in [0.1, 0.15) is 31.6 Å². The highest BCUT2D eigenvalue weighted by molar-refractivity contribution is 5.49. The number of hydrogen-bond donors (Lipinski definition) is 1. The summed E-state index contributed by atoms with van der Waals surface area (Å²) in [4.78, 5) is 6.34. The maximum Gasteiger partial charge on any atom is 0.249 e. The van der Waals surface area contributed by atoms with E-state index in [1.54, 1.807) is 12.4 Å². The Morgan fingerprint density at radius 3 is 2.92 bits per heavy atom. The van der Waals surface area contributed by atoms with Crippen LogP contribution in [0.25, 0.3) is 11.5 Å². The van der Waals surface area contributed by atoms with Crippen LogP contribution in [-0.2, 0) is 11.3 Å². The number of hydrogen-bond acceptors (Lipinski definition) is 7. The number of likely N-dealkylation sites (tertiary alicyclic amines) is 1. The minimum atomic E-state index is -0.343. The van der Waals surface area contributed by atoms with Gasteiger partial charge in [-0.25, -0.2) is 0 Å². The van der Waals surface area contributed by atoms with Gasteiger partial charge in [-0.05, 0) is 37.8 Å². The van der Waals surface area contributed by atoms with Gasteiger partial charge in [-0.2, -0.15) is 0 Å². The third-order valence-electron chi connectivity index (χ3n) is 5.06. The summed E-state index contributed by atoms with van der Waals surface area (Å²) < 4.78 is 11.7. The van der Waals surface area contributed by atoms with Gasteiger partial charge in [-0.1, -0.05) is 0 Å². The Hall–Kier alpha value is -1.83. The molecule has 1 atom stereocenters. The van der Waals surface area contributed by atoms with Crippen molar-refractivity contribution in [3.8, 4) is 11.5 Å². The van der Waals surface area contributed by atoms with Gasteiger partial charge in [-0.3, -0.25) is 9.88 Å². The first-order chi connectivity index (χ1) is 11.8. The monoisotopic (exact) mass is 330 g/mol. The molecule has 0 aromatic carbocycles. The number of pyridine rings is 1. The maximum absolute atomic E-state index is 10.3. The van der Waals surface area contributed by atoms with Gasteiger partial charge in [0.25, 0.3) is 0 Å². The Morgan fingerprint density at radius 1 is 1.29 bits per heavy atom. The molecule has 1 spiro atoms. The van der Waals surface area contributed by atoms with Crippen molar-refractivity contribution in [2.24, 2.45) is 0 Å². The van der Waals surface area contributed by atoms with E-state index in [1.165, 1.54) is 0 Å². The molecule has 4 heterocycles. The quantitative estimate of drug-likeness (QED) is 0.915. The van der Waals surface area contributed by atoms with Gasteiger partial charge in [0, 0.05) is 32.1 Å². The summed E-state index contributed by atoms with van der Waals surface area (Å²) in [7, 11) is 0. The minimum absolute atomic E-state index is 0.339. The van der Waals surface area contributed by atoms with E-state index < -0.39 is 0 Å². The first-order valence-corrected chi connectivity index (χ1v) is 8.52. The number of rotatable bonds is 3. The molecule has 7 nitrogen and oxygen atoms in total. The molecule has 7 heteroatoms. The largest absolute Gasteiger partial charge is 0.419 e. The summed E-state index contributed by atoms with van der Waals surface area (Å²) in [5.74, 6) is 1.10. The van der Waals surface area contributed by atoms with Gasteiger partial charge in [0.1, 0.15) is 0 Å². The van der Waals surface area contributed by atoms with Crippen LogP contribution in [0.2, 0.25) is 0 Å². The van der Waals surface area contributed by atoms with Crippen molar-refractivity contribution in [1.29, 1.82) is 0 Å². The van der Waals surface area contributed by atoms with Crippen molar-refractivity contribution in [3.63, 3.8) is 0 Å². The fourth-order valence-corrected chi connectivity index (χ4v) is 3.59. The molecule has 4 rings (SSSR count). The lowest BCUT2D eigenvalue weighted by Gasteiger charge is -2.46. The lowest BCUT2D eigenvalue weighted by Crippen LogP contribution is -2.55. The molecule has 2 fully saturated rings. The van der Waals surface area contributed by atoms with Gasteiger partial charge < -0.3 is 14.3 Å². The molecule has 2 aromatic heterocycles. The number of aromatic nitrogens is 3. The van der Waals surface area contributed by atoms with E-state index in [-0.39, 0.29) is 11.7 Å². The zero-order chi connectivity index (χ0) is 16.4. The second-order valence-electron chi connectivity index (χ2n) is 6.59. The molecule has 2 aliphatic heterocycles. The van der Waals surface area contributed by atoms with E-state index in [0.29, 0.717) is 18.3 Å². The molecule has 2 saturated heterocycles. The van der Waals surface area contributed by atoms with Crippen molar-refractivity contribution < 1.29 is 14.3 Å². The molecule has 0 unspecified atom stereocenters. The lowest BCUT2D eigenvalue weighted by molar-refractivity contribution is -0.177.